The lowest BCUT2D eigenvalue weighted by atomic mass is 9.96. The Morgan fingerprint density at radius 1 is 1.00 bits per heavy atom. The molecule has 0 heterocycles. The largest absolute Gasteiger partial charge is 0.399 e. The Morgan fingerprint density at radius 2 is 1.58 bits per heavy atom. The summed E-state index contributed by atoms with van der Waals surface area (Å²) >= 11 is 0. The van der Waals surface area contributed by atoms with Crippen molar-refractivity contribution >= 4 is 11.5 Å². The summed E-state index contributed by atoms with van der Waals surface area (Å²) in [5, 5.41) is 0. The minimum Gasteiger partial charge on any atom is -0.399 e. The van der Waals surface area contributed by atoms with Crippen LogP contribution >= 0.6 is 0 Å². The van der Waals surface area contributed by atoms with E-state index in [1.54, 1.807) is 44.2 Å². The maximum atomic E-state index is 13.6. The molecule has 0 aliphatic rings. The first-order valence-corrected chi connectivity index (χ1v) is 6.07. The van der Waals surface area contributed by atoms with Gasteiger partial charge in [-0.05, 0) is 67.8 Å². The van der Waals surface area contributed by atoms with Crippen LogP contribution in [-0.2, 0) is 0 Å². The number of nitrogens with two attached hydrogens (primary N) is 1. The highest BCUT2D eigenvalue weighted by atomic mass is 19.1. The summed E-state index contributed by atoms with van der Waals surface area (Å²) < 4.78 is 13.6. The molecule has 2 nitrogen and oxygen atoms in total. The van der Waals surface area contributed by atoms with E-state index in [4.69, 9.17) is 5.73 Å². The zero-order valence-electron chi connectivity index (χ0n) is 11.3. The topological polar surface area (TPSA) is 43.1 Å². The molecular weight excluding hydrogens is 241 g/mol. The first kappa shape index (κ1) is 13.3. The molecule has 3 heteroatoms. The fourth-order valence-electron chi connectivity index (χ4n) is 2.17. The van der Waals surface area contributed by atoms with Crippen LogP contribution in [0.4, 0.5) is 10.1 Å². The van der Waals surface area contributed by atoms with Crippen LogP contribution < -0.4 is 5.73 Å². The molecule has 0 bridgehead atoms. The van der Waals surface area contributed by atoms with E-state index in [9.17, 15) is 9.18 Å². The molecule has 0 spiro atoms. The number of carbonyl (C=O) groups is 1. The van der Waals surface area contributed by atoms with Crippen LogP contribution in [0.3, 0.4) is 0 Å². The quantitative estimate of drug-likeness (QED) is 0.660. The van der Waals surface area contributed by atoms with Crippen LogP contribution in [0.5, 0.6) is 0 Å². The second kappa shape index (κ2) is 4.84. The highest BCUT2D eigenvalue weighted by Crippen LogP contribution is 2.20. The summed E-state index contributed by atoms with van der Waals surface area (Å²) in [5.41, 5.74) is 9.19. The molecule has 0 unspecified atom stereocenters. The van der Waals surface area contributed by atoms with Crippen LogP contribution in [0.25, 0.3) is 0 Å². The molecule has 98 valence electrons. The molecule has 0 atom stereocenters. The van der Waals surface area contributed by atoms with Crippen LogP contribution in [-0.4, -0.2) is 5.78 Å². The number of hydrogen-bond acceptors (Lipinski definition) is 2. The summed E-state index contributed by atoms with van der Waals surface area (Å²) in [7, 11) is 0. The van der Waals surface area contributed by atoms with E-state index < -0.39 is 0 Å². The van der Waals surface area contributed by atoms with Gasteiger partial charge in [-0.2, -0.15) is 0 Å². The van der Waals surface area contributed by atoms with Crippen LogP contribution in [0.15, 0.2) is 30.3 Å². The van der Waals surface area contributed by atoms with Crippen LogP contribution in [0, 0.1) is 26.6 Å². The molecule has 2 aromatic carbocycles. The first-order chi connectivity index (χ1) is 8.90. The lowest BCUT2D eigenvalue weighted by Crippen LogP contribution is -2.06. The van der Waals surface area contributed by atoms with Gasteiger partial charge in [0.25, 0.3) is 0 Å². The summed E-state index contributed by atoms with van der Waals surface area (Å²) in [4.78, 5) is 12.4. The predicted molar refractivity (Wildman–Crippen MR) is 74.9 cm³/mol. The third kappa shape index (κ3) is 2.50. The number of benzene rings is 2. The molecule has 0 radical (unpaired) electrons. The minimum absolute atomic E-state index is 0.108. The highest BCUT2D eigenvalue weighted by molar-refractivity contribution is 6.10. The van der Waals surface area contributed by atoms with Crippen molar-refractivity contribution in [2.75, 3.05) is 5.73 Å². The monoisotopic (exact) mass is 257 g/mol. The van der Waals surface area contributed by atoms with Gasteiger partial charge in [0.05, 0.1) is 0 Å². The van der Waals surface area contributed by atoms with E-state index >= 15 is 0 Å². The van der Waals surface area contributed by atoms with E-state index in [1.165, 1.54) is 0 Å². The van der Waals surface area contributed by atoms with Crippen molar-refractivity contribution in [3.8, 4) is 0 Å². The molecule has 2 N–H and O–H groups in total. The zero-order valence-corrected chi connectivity index (χ0v) is 11.3. The Hall–Kier alpha value is -2.16. The van der Waals surface area contributed by atoms with Gasteiger partial charge in [0.2, 0.25) is 0 Å². The van der Waals surface area contributed by atoms with Crippen molar-refractivity contribution in [2.45, 2.75) is 20.8 Å². The number of aryl methyl sites for hydroxylation is 3. The average molecular weight is 257 g/mol. The smallest absolute Gasteiger partial charge is 0.193 e. The number of rotatable bonds is 2. The molecule has 0 amide bonds. The normalized spacial score (nSPS) is 10.5. The van der Waals surface area contributed by atoms with Crippen molar-refractivity contribution in [3.63, 3.8) is 0 Å². The maximum absolute atomic E-state index is 13.6. The van der Waals surface area contributed by atoms with Crippen molar-refractivity contribution < 1.29 is 9.18 Å². The lowest BCUT2D eigenvalue weighted by molar-refractivity contribution is 0.103. The predicted octanol–water partition coefficient (Wildman–Crippen LogP) is 3.56. The van der Waals surface area contributed by atoms with E-state index in [2.05, 4.69) is 0 Å². The molecule has 2 aromatic rings. The van der Waals surface area contributed by atoms with E-state index in [0.717, 1.165) is 5.56 Å². The van der Waals surface area contributed by atoms with Crippen molar-refractivity contribution in [1.29, 1.82) is 0 Å². The minimum atomic E-state index is -0.259. The molecule has 0 saturated carbocycles. The Kier molecular flexibility index (Phi) is 3.38. The Labute approximate surface area is 112 Å². The molecular formula is C16H16FNO. The van der Waals surface area contributed by atoms with Gasteiger partial charge in [-0.25, -0.2) is 4.39 Å². The van der Waals surface area contributed by atoms with Gasteiger partial charge in [0.1, 0.15) is 5.82 Å². The standard InChI is InChI=1S/C16H16FNO/c1-9-8-13(18)4-5-14(9)16(19)12-6-10(2)15(17)11(3)7-12/h4-8H,18H2,1-3H3. The van der Waals surface area contributed by atoms with Crippen molar-refractivity contribution in [3.05, 3.63) is 64.0 Å². The van der Waals surface area contributed by atoms with E-state index in [1.807, 2.05) is 6.92 Å². The van der Waals surface area contributed by atoms with Gasteiger partial charge in [-0.15, -0.1) is 0 Å². The van der Waals surface area contributed by atoms with Crippen molar-refractivity contribution in [2.24, 2.45) is 0 Å². The lowest BCUT2D eigenvalue weighted by Gasteiger charge is -2.09. The average Bonchev–Trinajstić information content (AvgIpc) is 2.34. The fraction of sp³-hybridized carbons (Fsp3) is 0.188. The molecule has 0 saturated heterocycles. The van der Waals surface area contributed by atoms with Gasteiger partial charge in [0, 0.05) is 16.8 Å². The Morgan fingerprint density at radius 3 is 2.11 bits per heavy atom. The summed E-state index contributed by atoms with van der Waals surface area (Å²) in [6.07, 6.45) is 0. The van der Waals surface area contributed by atoms with Gasteiger partial charge in [0.15, 0.2) is 5.78 Å². The third-order valence-electron chi connectivity index (χ3n) is 3.19. The second-order valence-corrected chi connectivity index (χ2v) is 4.83. The SMILES string of the molecule is Cc1cc(N)ccc1C(=O)c1cc(C)c(F)c(C)c1. The fourth-order valence-corrected chi connectivity index (χ4v) is 2.17. The summed E-state index contributed by atoms with van der Waals surface area (Å²) in [6, 6.07) is 8.34. The number of ketones is 1. The number of nitrogen functional groups attached to an aromatic ring is 1. The van der Waals surface area contributed by atoms with Gasteiger partial charge < -0.3 is 5.73 Å². The third-order valence-corrected chi connectivity index (χ3v) is 3.19. The van der Waals surface area contributed by atoms with Crippen LogP contribution in [0.1, 0.15) is 32.6 Å². The highest BCUT2D eigenvalue weighted by Gasteiger charge is 2.14. The first-order valence-electron chi connectivity index (χ1n) is 6.07. The summed E-state index contributed by atoms with van der Waals surface area (Å²) in [5.74, 6) is -0.366. The molecule has 19 heavy (non-hydrogen) atoms. The number of halogens is 1. The van der Waals surface area contributed by atoms with E-state index in [0.29, 0.717) is 27.9 Å². The van der Waals surface area contributed by atoms with E-state index in [-0.39, 0.29) is 11.6 Å². The molecule has 0 aliphatic carbocycles. The van der Waals surface area contributed by atoms with Gasteiger partial charge in [-0.3, -0.25) is 4.79 Å². The number of carbonyl (C=O) groups excluding carboxylic acids is 1. The molecule has 0 aliphatic heterocycles. The molecule has 2 rings (SSSR count). The van der Waals surface area contributed by atoms with Crippen molar-refractivity contribution in [1.82, 2.24) is 0 Å². The van der Waals surface area contributed by atoms with Gasteiger partial charge >= 0.3 is 0 Å². The molecule has 0 aromatic heterocycles. The maximum Gasteiger partial charge on any atom is 0.193 e. The molecule has 0 fully saturated rings. The Bertz CT molecular complexity index is 639. The van der Waals surface area contributed by atoms with Crippen LogP contribution in [0.2, 0.25) is 0 Å². The number of anilines is 1. The summed E-state index contributed by atoms with van der Waals surface area (Å²) in [6.45, 7) is 5.16. The second-order valence-electron chi connectivity index (χ2n) is 4.83. The number of hydrogen-bond donors (Lipinski definition) is 1. The van der Waals surface area contributed by atoms with Gasteiger partial charge in [-0.1, -0.05) is 0 Å². The zero-order chi connectivity index (χ0) is 14.2. The Balaban J connectivity index is 2.50.